The average Bonchev–Trinajstić information content (AvgIpc) is 2.30. The fraction of sp³-hybridized carbons (Fsp3) is 0.429. The maximum absolute atomic E-state index is 11.5. The van der Waals surface area contributed by atoms with Gasteiger partial charge in [-0.3, -0.25) is 4.79 Å². The number of carbonyl (C=O) groups is 1. The van der Waals surface area contributed by atoms with Crippen LogP contribution in [0.25, 0.3) is 0 Å². The van der Waals surface area contributed by atoms with E-state index >= 15 is 0 Å². The molecular weight excluding hydrogens is 198 g/mol. The Morgan fingerprint density at radius 3 is 2.50 bits per heavy atom. The van der Waals surface area contributed by atoms with E-state index in [1.807, 2.05) is 24.3 Å². The van der Waals surface area contributed by atoms with E-state index in [0.717, 1.165) is 31.4 Å². The first kappa shape index (κ1) is 12.8. The van der Waals surface area contributed by atoms with Crippen molar-refractivity contribution in [3.8, 4) is 0 Å². The van der Waals surface area contributed by atoms with Crippen molar-refractivity contribution in [2.24, 2.45) is 0 Å². The van der Waals surface area contributed by atoms with Gasteiger partial charge in [-0.25, -0.2) is 0 Å². The zero-order chi connectivity index (χ0) is 11.8. The molecule has 0 unspecified atom stereocenters. The zero-order valence-electron chi connectivity index (χ0n) is 9.96. The van der Waals surface area contributed by atoms with Crippen molar-refractivity contribution in [2.75, 3.05) is 5.32 Å². The summed E-state index contributed by atoms with van der Waals surface area (Å²) >= 11 is 0. The summed E-state index contributed by atoms with van der Waals surface area (Å²) in [6.45, 7) is 5.87. The van der Waals surface area contributed by atoms with E-state index in [9.17, 15) is 4.79 Å². The van der Waals surface area contributed by atoms with Gasteiger partial charge in [0.1, 0.15) is 0 Å². The molecule has 0 aliphatic carbocycles. The number of anilines is 1. The van der Waals surface area contributed by atoms with E-state index in [1.165, 1.54) is 5.56 Å². The molecule has 0 aliphatic rings. The molecule has 1 N–H and O–H groups in total. The smallest absolute Gasteiger partial charge is 0.224 e. The Labute approximate surface area is 98.1 Å². The van der Waals surface area contributed by atoms with Gasteiger partial charge in [0.25, 0.3) is 0 Å². The average molecular weight is 218 g/mol. The van der Waals surface area contributed by atoms with Crippen molar-refractivity contribution in [2.45, 2.75) is 39.0 Å². The monoisotopic (exact) mass is 218 g/mol. The highest BCUT2D eigenvalue weighted by atomic mass is 16.1. The molecular formula is C14H20NO. The minimum absolute atomic E-state index is 0.0951. The predicted molar refractivity (Wildman–Crippen MR) is 68.3 cm³/mol. The number of hydrogen-bond acceptors (Lipinski definition) is 1. The summed E-state index contributed by atoms with van der Waals surface area (Å²) in [5.74, 6) is 0.0951. The van der Waals surface area contributed by atoms with Gasteiger partial charge in [0.2, 0.25) is 5.91 Å². The summed E-state index contributed by atoms with van der Waals surface area (Å²) in [4.78, 5) is 11.5. The Morgan fingerprint density at radius 2 is 1.94 bits per heavy atom. The molecule has 2 nitrogen and oxygen atoms in total. The molecule has 0 atom stereocenters. The molecule has 1 aromatic rings. The Balaban J connectivity index is 2.37. The third kappa shape index (κ3) is 4.47. The molecule has 0 heterocycles. The van der Waals surface area contributed by atoms with Gasteiger partial charge in [-0.1, -0.05) is 38.8 Å². The van der Waals surface area contributed by atoms with Crippen molar-refractivity contribution < 1.29 is 4.79 Å². The number of unbranched alkanes of at least 4 members (excludes halogenated alkanes) is 2. The van der Waals surface area contributed by atoms with E-state index in [4.69, 9.17) is 0 Å². The molecule has 2 heteroatoms. The molecule has 0 fully saturated rings. The fourth-order valence-electron chi connectivity index (χ4n) is 1.51. The molecule has 1 rings (SSSR count). The van der Waals surface area contributed by atoms with Gasteiger partial charge in [-0.15, -0.1) is 0 Å². The van der Waals surface area contributed by atoms with Crippen molar-refractivity contribution in [1.29, 1.82) is 0 Å². The molecule has 0 bridgehead atoms. The predicted octanol–water partition coefficient (Wildman–Crippen LogP) is 3.58. The van der Waals surface area contributed by atoms with Crippen LogP contribution in [0.2, 0.25) is 0 Å². The van der Waals surface area contributed by atoms with E-state index in [0.29, 0.717) is 6.42 Å². The number of benzene rings is 1. The normalized spacial score (nSPS) is 10.1. The molecule has 0 aromatic heterocycles. The van der Waals surface area contributed by atoms with Gasteiger partial charge in [0.05, 0.1) is 0 Å². The molecule has 1 aromatic carbocycles. The summed E-state index contributed by atoms with van der Waals surface area (Å²) in [6.07, 6.45) is 4.45. The Bertz CT molecular complexity index is 316. The first-order valence-corrected chi connectivity index (χ1v) is 5.94. The van der Waals surface area contributed by atoms with Crippen LogP contribution in [0.5, 0.6) is 0 Å². The van der Waals surface area contributed by atoms with Gasteiger partial charge in [0.15, 0.2) is 0 Å². The van der Waals surface area contributed by atoms with Crippen LogP contribution in [0.15, 0.2) is 24.3 Å². The van der Waals surface area contributed by atoms with Crippen LogP contribution >= 0.6 is 0 Å². The number of aryl methyl sites for hydroxylation is 1. The Kier molecular flexibility index (Phi) is 5.62. The van der Waals surface area contributed by atoms with Crippen LogP contribution in [0, 0.1) is 6.92 Å². The maximum Gasteiger partial charge on any atom is 0.224 e. The molecule has 16 heavy (non-hydrogen) atoms. The molecule has 0 aliphatic heterocycles. The molecule has 0 saturated carbocycles. The highest BCUT2D eigenvalue weighted by Crippen LogP contribution is 2.11. The standard InChI is InChI=1S/C14H20NO/c1-3-5-6-7-14(16)15-13-10-8-12(4-2)9-11-13/h8-11H,1,3-7H2,2H3,(H,15,16). The summed E-state index contributed by atoms with van der Waals surface area (Å²) in [5, 5.41) is 2.89. The van der Waals surface area contributed by atoms with Gasteiger partial charge < -0.3 is 5.32 Å². The van der Waals surface area contributed by atoms with Crippen LogP contribution in [0.3, 0.4) is 0 Å². The van der Waals surface area contributed by atoms with Crippen LogP contribution < -0.4 is 5.32 Å². The van der Waals surface area contributed by atoms with Crippen LogP contribution in [-0.2, 0) is 11.2 Å². The van der Waals surface area contributed by atoms with Crippen LogP contribution in [0.1, 0.15) is 38.2 Å². The highest BCUT2D eigenvalue weighted by Gasteiger charge is 2.01. The summed E-state index contributed by atoms with van der Waals surface area (Å²) < 4.78 is 0. The first-order valence-electron chi connectivity index (χ1n) is 5.94. The third-order valence-electron chi connectivity index (χ3n) is 2.55. The zero-order valence-corrected chi connectivity index (χ0v) is 9.96. The van der Waals surface area contributed by atoms with Crippen LogP contribution in [-0.4, -0.2) is 5.91 Å². The summed E-state index contributed by atoms with van der Waals surface area (Å²) in [5.41, 5.74) is 2.17. The second-order valence-electron chi connectivity index (χ2n) is 3.91. The fourth-order valence-corrected chi connectivity index (χ4v) is 1.51. The lowest BCUT2D eigenvalue weighted by atomic mass is 10.1. The van der Waals surface area contributed by atoms with E-state index < -0.39 is 0 Å². The Hall–Kier alpha value is -1.31. The van der Waals surface area contributed by atoms with E-state index in [2.05, 4.69) is 19.2 Å². The lowest BCUT2D eigenvalue weighted by molar-refractivity contribution is -0.116. The highest BCUT2D eigenvalue weighted by molar-refractivity contribution is 5.90. The van der Waals surface area contributed by atoms with E-state index in [-0.39, 0.29) is 5.91 Å². The lowest BCUT2D eigenvalue weighted by Crippen LogP contribution is -2.10. The second kappa shape index (κ2) is 7.04. The van der Waals surface area contributed by atoms with E-state index in [1.54, 1.807) is 0 Å². The van der Waals surface area contributed by atoms with Crippen LogP contribution in [0.4, 0.5) is 5.69 Å². The molecule has 0 spiro atoms. The Morgan fingerprint density at radius 1 is 1.25 bits per heavy atom. The minimum atomic E-state index is 0.0951. The largest absolute Gasteiger partial charge is 0.326 e. The van der Waals surface area contributed by atoms with Crippen molar-refractivity contribution in [3.63, 3.8) is 0 Å². The number of carbonyl (C=O) groups excluding carboxylic acids is 1. The maximum atomic E-state index is 11.5. The molecule has 87 valence electrons. The molecule has 1 radical (unpaired) electrons. The SMILES string of the molecule is [CH2]CCCCC(=O)Nc1ccc(CC)cc1. The van der Waals surface area contributed by atoms with Gasteiger partial charge in [-0.2, -0.15) is 0 Å². The van der Waals surface area contributed by atoms with Gasteiger partial charge in [-0.05, 0) is 30.5 Å². The number of nitrogens with one attached hydrogen (secondary N) is 1. The van der Waals surface area contributed by atoms with Gasteiger partial charge >= 0.3 is 0 Å². The number of hydrogen-bond donors (Lipinski definition) is 1. The second-order valence-corrected chi connectivity index (χ2v) is 3.91. The van der Waals surface area contributed by atoms with Crippen molar-refractivity contribution >= 4 is 11.6 Å². The number of rotatable bonds is 6. The van der Waals surface area contributed by atoms with Crippen molar-refractivity contribution in [1.82, 2.24) is 0 Å². The topological polar surface area (TPSA) is 29.1 Å². The summed E-state index contributed by atoms with van der Waals surface area (Å²) in [7, 11) is 0. The third-order valence-corrected chi connectivity index (χ3v) is 2.55. The first-order chi connectivity index (χ1) is 7.76. The summed E-state index contributed by atoms with van der Waals surface area (Å²) in [6, 6.07) is 8.01. The lowest BCUT2D eigenvalue weighted by Gasteiger charge is -2.05. The minimum Gasteiger partial charge on any atom is -0.326 e. The molecule has 1 amide bonds. The number of amides is 1. The quantitative estimate of drug-likeness (QED) is 0.726. The van der Waals surface area contributed by atoms with Gasteiger partial charge in [0, 0.05) is 12.1 Å². The van der Waals surface area contributed by atoms with Crippen molar-refractivity contribution in [3.05, 3.63) is 36.8 Å². The molecule has 0 saturated heterocycles.